The van der Waals surface area contributed by atoms with Gasteiger partial charge in [0, 0.05) is 44.2 Å². The summed E-state index contributed by atoms with van der Waals surface area (Å²) >= 11 is 0. The molecular weight excluding hydrogens is 347 g/mol. The number of methoxy groups -OCH3 is 1. The number of anilines is 1. The van der Waals surface area contributed by atoms with Crippen LogP contribution in [0.3, 0.4) is 0 Å². The van der Waals surface area contributed by atoms with Gasteiger partial charge in [0.05, 0.1) is 26.1 Å². The maximum absolute atomic E-state index is 13.0. The van der Waals surface area contributed by atoms with E-state index in [2.05, 4.69) is 19.8 Å². The van der Waals surface area contributed by atoms with Crippen molar-refractivity contribution in [3.63, 3.8) is 0 Å². The second-order valence-electron chi connectivity index (χ2n) is 7.23. The lowest BCUT2D eigenvalue weighted by molar-refractivity contribution is 0.0725. The van der Waals surface area contributed by atoms with Gasteiger partial charge in [-0.05, 0) is 25.0 Å². The minimum Gasteiger partial charge on any atom is -0.497 e. The first-order valence-corrected chi connectivity index (χ1v) is 9.44. The van der Waals surface area contributed by atoms with Crippen molar-refractivity contribution >= 4 is 5.95 Å². The third kappa shape index (κ3) is 4.30. The van der Waals surface area contributed by atoms with Crippen LogP contribution in [0.2, 0.25) is 0 Å². The van der Waals surface area contributed by atoms with Crippen molar-refractivity contribution in [1.82, 2.24) is 14.9 Å². The molecule has 6 nitrogen and oxygen atoms in total. The Kier molecular flexibility index (Phi) is 5.38. The number of nitrogens with zero attached hydrogens (tertiary/aromatic N) is 4. The fraction of sp³-hybridized carbons (Fsp3) is 0.500. The molecule has 4 rings (SSSR count). The number of halogens is 1. The third-order valence-corrected chi connectivity index (χ3v) is 5.42. The van der Waals surface area contributed by atoms with E-state index in [0.717, 1.165) is 57.1 Å². The predicted octanol–water partition coefficient (Wildman–Crippen LogP) is 2.60. The summed E-state index contributed by atoms with van der Waals surface area (Å²) in [7, 11) is 1.66. The van der Waals surface area contributed by atoms with Gasteiger partial charge in [-0.1, -0.05) is 6.07 Å². The van der Waals surface area contributed by atoms with Crippen molar-refractivity contribution in [2.24, 2.45) is 5.92 Å². The molecule has 1 aromatic carbocycles. The molecule has 2 aliphatic heterocycles. The largest absolute Gasteiger partial charge is 0.497 e. The summed E-state index contributed by atoms with van der Waals surface area (Å²) in [6.07, 6.45) is 4.75. The Morgan fingerprint density at radius 3 is 2.74 bits per heavy atom. The van der Waals surface area contributed by atoms with Crippen LogP contribution in [0.4, 0.5) is 10.3 Å². The molecule has 2 saturated heterocycles. The molecule has 0 aliphatic carbocycles. The van der Waals surface area contributed by atoms with E-state index >= 15 is 0 Å². The molecule has 2 unspecified atom stereocenters. The SMILES string of the molecule is COc1cccc(OCC2CCC3CN(c4ncc(F)cn4)CCN3C2)c1. The summed E-state index contributed by atoms with van der Waals surface area (Å²) < 4.78 is 24.3. The van der Waals surface area contributed by atoms with Crippen molar-refractivity contribution in [3.05, 3.63) is 42.5 Å². The van der Waals surface area contributed by atoms with Crippen molar-refractivity contribution in [2.45, 2.75) is 18.9 Å². The van der Waals surface area contributed by atoms with Crippen molar-refractivity contribution < 1.29 is 13.9 Å². The van der Waals surface area contributed by atoms with E-state index in [9.17, 15) is 4.39 Å². The molecule has 0 radical (unpaired) electrons. The topological polar surface area (TPSA) is 50.7 Å². The Labute approximate surface area is 158 Å². The minimum absolute atomic E-state index is 0.395. The van der Waals surface area contributed by atoms with E-state index in [-0.39, 0.29) is 0 Å². The number of benzene rings is 1. The average molecular weight is 372 g/mol. The van der Waals surface area contributed by atoms with E-state index in [1.54, 1.807) is 7.11 Å². The van der Waals surface area contributed by atoms with Gasteiger partial charge in [-0.3, -0.25) is 4.90 Å². The molecule has 2 aromatic rings. The Balaban J connectivity index is 1.29. The standard InChI is InChI=1S/C20H25FN4O2/c1-26-18-3-2-4-19(9-18)27-14-15-5-6-17-13-25(8-7-24(17)12-15)20-22-10-16(21)11-23-20/h2-4,9-11,15,17H,5-8,12-14H2,1H3. The second-order valence-corrected chi connectivity index (χ2v) is 7.23. The molecule has 144 valence electrons. The highest BCUT2D eigenvalue weighted by Crippen LogP contribution is 2.27. The summed E-state index contributed by atoms with van der Waals surface area (Å²) in [5.41, 5.74) is 0. The first-order valence-electron chi connectivity index (χ1n) is 9.44. The fourth-order valence-electron chi connectivity index (χ4n) is 3.95. The molecule has 3 heterocycles. The van der Waals surface area contributed by atoms with Gasteiger partial charge >= 0.3 is 0 Å². The Morgan fingerprint density at radius 1 is 1.11 bits per heavy atom. The maximum Gasteiger partial charge on any atom is 0.225 e. The number of ether oxygens (including phenoxy) is 2. The van der Waals surface area contributed by atoms with Crippen LogP contribution in [0.5, 0.6) is 11.5 Å². The summed E-state index contributed by atoms with van der Waals surface area (Å²) in [6.45, 7) is 4.51. The number of rotatable bonds is 5. The van der Waals surface area contributed by atoms with Gasteiger partial charge in [0.25, 0.3) is 0 Å². The highest BCUT2D eigenvalue weighted by Gasteiger charge is 2.33. The summed E-state index contributed by atoms with van der Waals surface area (Å²) in [6, 6.07) is 8.26. The normalized spacial score (nSPS) is 23.0. The number of fused-ring (bicyclic) bond motifs is 1. The zero-order valence-electron chi connectivity index (χ0n) is 15.6. The van der Waals surface area contributed by atoms with Crippen LogP contribution in [0, 0.1) is 11.7 Å². The lowest BCUT2D eigenvalue weighted by atomic mass is 9.91. The molecule has 0 bridgehead atoms. The quantitative estimate of drug-likeness (QED) is 0.804. The predicted molar refractivity (Wildman–Crippen MR) is 101 cm³/mol. The number of hydrogen-bond acceptors (Lipinski definition) is 6. The molecule has 0 spiro atoms. The van der Waals surface area contributed by atoms with Crippen LogP contribution in [0.25, 0.3) is 0 Å². The van der Waals surface area contributed by atoms with Crippen LogP contribution in [0.1, 0.15) is 12.8 Å². The lowest BCUT2D eigenvalue weighted by Crippen LogP contribution is -2.57. The number of hydrogen-bond donors (Lipinski definition) is 0. The fourth-order valence-corrected chi connectivity index (χ4v) is 3.95. The molecule has 7 heteroatoms. The molecule has 0 saturated carbocycles. The Bertz CT molecular complexity index is 758. The molecule has 27 heavy (non-hydrogen) atoms. The van der Waals surface area contributed by atoms with Crippen molar-refractivity contribution in [3.8, 4) is 11.5 Å². The Morgan fingerprint density at radius 2 is 1.93 bits per heavy atom. The minimum atomic E-state index is -0.395. The van der Waals surface area contributed by atoms with Gasteiger partial charge in [0.2, 0.25) is 5.95 Å². The highest BCUT2D eigenvalue weighted by molar-refractivity contribution is 5.33. The number of aromatic nitrogens is 2. The van der Waals surface area contributed by atoms with E-state index in [1.165, 1.54) is 12.4 Å². The van der Waals surface area contributed by atoms with Gasteiger partial charge in [0.1, 0.15) is 11.5 Å². The van der Waals surface area contributed by atoms with Crippen LogP contribution < -0.4 is 14.4 Å². The van der Waals surface area contributed by atoms with Crippen molar-refractivity contribution in [1.29, 1.82) is 0 Å². The van der Waals surface area contributed by atoms with Crippen LogP contribution in [-0.2, 0) is 0 Å². The first kappa shape index (κ1) is 18.0. The first-order chi connectivity index (χ1) is 13.2. The van der Waals surface area contributed by atoms with E-state index in [1.807, 2.05) is 24.3 Å². The summed E-state index contributed by atoms with van der Waals surface area (Å²) in [5, 5.41) is 0. The smallest absolute Gasteiger partial charge is 0.225 e. The Hall–Kier alpha value is -2.41. The number of piperidine rings is 1. The van der Waals surface area contributed by atoms with Gasteiger partial charge in [-0.25, -0.2) is 14.4 Å². The van der Waals surface area contributed by atoms with E-state index in [0.29, 0.717) is 17.9 Å². The van der Waals surface area contributed by atoms with Crippen LogP contribution in [0.15, 0.2) is 36.7 Å². The van der Waals surface area contributed by atoms with Crippen molar-refractivity contribution in [2.75, 3.05) is 44.8 Å². The average Bonchev–Trinajstić information content (AvgIpc) is 2.72. The molecular formula is C20H25FN4O2. The van der Waals surface area contributed by atoms with Crippen LogP contribution >= 0.6 is 0 Å². The third-order valence-electron chi connectivity index (χ3n) is 5.42. The van der Waals surface area contributed by atoms with E-state index < -0.39 is 5.82 Å². The van der Waals surface area contributed by atoms with Crippen LogP contribution in [-0.4, -0.2) is 60.8 Å². The lowest BCUT2D eigenvalue weighted by Gasteiger charge is -2.46. The summed E-state index contributed by atoms with van der Waals surface area (Å²) in [5.74, 6) is 2.43. The van der Waals surface area contributed by atoms with Gasteiger partial charge in [-0.15, -0.1) is 0 Å². The number of piperazine rings is 1. The molecule has 2 fully saturated rings. The summed E-state index contributed by atoms with van der Waals surface area (Å²) in [4.78, 5) is 13.0. The molecule has 2 atom stereocenters. The zero-order valence-corrected chi connectivity index (χ0v) is 15.6. The van der Waals surface area contributed by atoms with Gasteiger partial charge in [-0.2, -0.15) is 0 Å². The monoisotopic (exact) mass is 372 g/mol. The molecule has 2 aliphatic rings. The molecule has 1 aromatic heterocycles. The zero-order chi connectivity index (χ0) is 18.6. The molecule has 0 amide bonds. The maximum atomic E-state index is 13.0. The van der Waals surface area contributed by atoms with Gasteiger partial charge < -0.3 is 14.4 Å². The highest BCUT2D eigenvalue weighted by atomic mass is 19.1. The molecule has 0 N–H and O–H groups in total. The second kappa shape index (κ2) is 8.08. The van der Waals surface area contributed by atoms with Gasteiger partial charge in [0.15, 0.2) is 5.82 Å². The van der Waals surface area contributed by atoms with E-state index in [4.69, 9.17) is 9.47 Å².